The zero-order valence-corrected chi connectivity index (χ0v) is 11.6. The summed E-state index contributed by atoms with van der Waals surface area (Å²) in [6.07, 6.45) is 2.28. The third kappa shape index (κ3) is 4.05. The normalized spacial score (nSPS) is 11.7. The molecule has 20 heavy (non-hydrogen) atoms. The Balaban J connectivity index is 1.82. The van der Waals surface area contributed by atoms with Crippen LogP contribution in [0.2, 0.25) is 0 Å². The maximum absolute atomic E-state index is 11.8. The van der Waals surface area contributed by atoms with Gasteiger partial charge in [-0.1, -0.05) is 0 Å². The van der Waals surface area contributed by atoms with E-state index in [9.17, 15) is 4.79 Å². The van der Waals surface area contributed by atoms with Crippen molar-refractivity contribution < 1.29 is 13.9 Å². The fraction of sp³-hybridized carbons (Fsp3) is 0.267. The van der Waals surface area contributed by atoms with E-state index < -0.39 is 0 Å². The van der Waals surface area contributed by atoms with E-state index in [0.717, 1.165) is 11.5 Å². The van der Waals surface area contributed by atoms with Crippen LogP contribution in [-0.2, 0) is 6.42 Å². The predicted molar refractivity (Wildman–Crippen MR) is 77.0 cm³/mol. The third-order valence-electron chi connectivity index (χ3n) is 2.81. The van der Waals surface area contributed by atoms with Gasteiger partial charge in [-0.05, 0) is 43.3 Å². The lowest BCUT2D eigenvalue weighted by atomic mass is 10.2. The molecule has 2 N–H and O–H groups in total. The SMILES string of the molecule is COc1ccc(NC(=O)NC(C)Cc2ccco2)cc1. The number of amides is 2. The standard InChI is InChI=1S/C15H18N2O3/c1-11(10-14-4-3-9-20-14)16-15(18)17-12-5-7-13(19-2)8-6-12/h3-9,11H,10H2,1-2H3,(H2,16,17,18). The molecule has 0 bridgehead atoms. The molecule has 106 valence electrons. The minimum Gasteiger partial charge on any atom is -0.497 e. The van der Waals surface area contributed by atoms with Gasteiger partial charge < -0.3 is 19.8 Å². The van der Waals surface area contributed by atoms with Gasteiger partial charge in [0.15, 0.2) is 0 Å². The van der Waals surface area contributed by atoms with E-state index in [1.807, 2.05) is 19.1 Å². The molecule has 5 nitrogen and oxygen atoms in total. The zero-order chi connectivity index (χ0) is 14.4. The minimum atomic E-state index is -0.241. The summed E-state index contributed by atoms with van der Waals surface area (Å²) in [6.45, 7) is 1.93. The average Bonchev–Trinajstić information content (AvgIpc) is 2.92. The zero-order valence-electron chi connectivity index (χ0n) is 11.6. The lowest BCUT2D eigenvalue weighted by molar-refractivity contribution is 0.248. The van der Waals surface area contributed by atoms with Crippen LogP contribution in [0.4, 0.5) is 10.5 Å². The number of nitrogens with one attached hydrogen (secondary N) is 2. The number of carbonyl (C=O) groups is 1. The van der Waals surface area contributed by atoms with Crippen molar-refractivity contribution in [1.82, 2.24) is 5.32 Å². The van der Waals surface area contributed by atoms with E-state index in [-0.39, 0.29) is 12.1 Å². The fourth-order valence-corrected chi connectivity index (χ4v) is 1.85. The molecule has 0 aliphatic carbocycles. The van der Waals surface area contributed by atoms with E-state index in [1.165, 1.54) is 0 Å². The van der Waals surface area contributed by atoms with Crippen LogP contribution < -0.4 is 15.4 Å². The van der Waals surface area contributed by atoms with Gasteiger partial charge in [-0.3, -0.25) is 0 Å². The lowest BCUT2D eigenvalue weighted by Crippen LogP contribution is -2.37. The largest absolute Gasteiger partial charge is 0.497 e. The van der Waals surface area contributed by atoms with Gasteiger partial charge in [-0.2, -0.15) is 0 Å². The average molecular weight is 274 g/mol. The first-order valence-electron chi connectivity index (χ1n) is 6.41. The quantitative estimate of drug-likeness (QED) is 0.880. The number of carbonyl (C=O) groups excluding carboxylic acids is 1. The maximum atomic E-state index is 11.8. The molecule has 1 heterocycles. The van der Waals surface area contributed by atoms with Crippen LogP contribution in [0.3, 0.4) is 0 Å². The molecular weight excluding hydrogens is 256 g/mol. The number of furan rings is 1. The molecule has 0 aliphatic heterocycles. The van der Waals surface area contributed by atoms with Crippen LogP contribution in [0.15, 0.2) is 47.1 Å². The van der Waals surface area contributed by atoms with E-state index in [4.69, 9.17) is 9.15 Å². The van der Waals surface area contributed by atoms with Crippen molar-refractivity contribution in [2.24, 2.45) is 0 Å². The molecule has 1 aromatic carbocycles. The van der Waals surface area contributed by atoms with Crippen molar-refractivity contribution in [2.45, 2.75) is 19.4 Å². The van der Waals surface area contributed by atoms with Crippen molar-refractivity contribution in [1.29, 1.82) is 0 Å². The molecule has 1 unspecified atom stereocenters. The smallest absolute Gasteiger partial charge is 0.319 e. The number of ether oxygens (including phenoxy) is 1. The van der Waals surface area contributed by atoms with Gasteiger partial charge in [0, 0.05) is 18.2 Å². The highest BCUT2D eigenvalue weighted by Gasteiger charge is 2.09. The number of methoxy groups -OCH3 is 1. The number of anilines is 1. The maximum Gasteiger partial charge on any atom is 0.319 e. The summed E-state index contributed by atoms with van der Waals surface area (Å²) < 4.78 is 10.3. The lowest BCUT2D eigenvalue weighted by Gasteiger charge is -2.13. The van der Waals surface area contributed by atoms with Gasteiger partial charge in [-0.25, -0.2) is 4.79 Å². The van der Waals surface area contributed by atoms with Crippen molar-refractivity contribution >= 4 is 11.7 Å². The molecule has 0 spiro atoms. The topological polar surface area (TPSA) is 63.5 Å². The van der Waals surface area contributed by atoms with Gasteiger partial charge in [0.2, 0.25) is 0 Å². The van der Waals surface area contributed by atoms with Crippen molar-refractivity contribution in [2.75, 3.05) is 12.4 Å². The van der Waals surface area contributed by atoms with Crippen LogP contribution in [-0.4, -0.2) is 19.2 Å². The Morgan fingerprint density at radius 3 is 2.65 bits per heavy atom. The van der Waals surface area contributed by atoms with E-state index in [1.54, 1.807) is 37.6 Å². The highest BCUT2D eigenvalue weighted by molar-refractivity contribution is 5.89. The fourth-order valence-electron chi connectivity index (χ4n) is 1.85. The molecule has 0 fully saturated rings. The number of rotatable bonds is 5. The molecule has 1 aromatic heterocycles. The molecule has 2 rings (SSSR count). The highest BCUT2D eigenvalue weighted by atomic mass is 16.5. The summed E-state index contributed by atoms with van der Waals surface area (Å²) in [4.78, 5) is 11.8. The Morgan fingerprint density at radius 2 is 2.05 bits per heavy atom. The van der Waals surface area contributed by atoms with Gasteiger partial charge in [-0.15, -0.1) is 0 Å². The molecule has 2 aromatic rings. The van der Waals surface area contributed by atoms with Crippen LogP contribution >= 0.6 is 0 Å². The Bertz CT molecular complexity index is 535. The number of urea groups is 1. The van der Waals surface area contributed by atoms with Gasteiger partial charge in [0.05, 0.1) is 13.4 Å². The Kier molecular flexibility index (Phi) is 4.65. The molecular formula is C15H18N2O3. The first-order chi connectivity index (χ1) is 9.67. The third-order valence-corrected chi connectivity index (χ3v) is 2.81. The molecule has 0 aliphatic rings. The van der Waals surface area contributed by atoms with Gasteiger partial charge in [0.25, 0.3) is 0 Å². The Hall–Kier alpha value is -2.43. The number of benzene rings is 1. The first kappa shape index (κ1) is 14.0. The van der Waals surface area contributed by atoms with E-state index in [2.05, 4.69) is 10.6 Å². The van der Waals surface area contributed by atoms with E-state index >= 15 is 0 Å². The summed E-state index contributed by atoms with van der Waals surface area (Å²) in [7, 11) is 1.60. The summed E-state index contributed by atoms with van der Waals surface area (Å²) in [5, 5.41) is 5.62. The van der Waals surface area contributed by atoms with Crippen molar-refractivity contribution in [3.05, 3.63) is 48.4 Å². The molecule has 0 radical (unpaired) electrons. The van der Waals surface area contributed by atoms with Gasteiger partial charge >= 0.3 is 6.03 Å². The molecule has 0 saturated heterocycles. The van der Waals surface area contributed by atoms with Crippen molar-refractivity contribution in [3.8, 4) is 5.75 Å². The number of hydrogen-bond donors (Lipinski definition) is 2. The van der Waals surface area contributed by atoms with Crippen LogP contribution in [0.5, 0.6) is 5.75 Å². The molecule has 1 atom stereocenters. The molecule has 0 saturated carbocycles. The second-order valence-corrected chi connectivity index (χ2v) is 4.51. The summed E-state index contributed by atoms with van der Waals surface area (Å²) in [5.74, 6) is 1.60. The molecule has 2 amide bonds. The number of hydrogen-bond acceptors (Lipinski definition) is 3. The Labute approximate surface area is 117 Å². The second kappa shape index (κ2) is 6.65. The first-order valence-corrected chi connectivity index (χ1v) is 6.41. The monoisotopic (exact) mass is 274 g/mol. The summed E-state index contributed by atoms with van der Waals surface area (Å²) in [5.41, 5.74) is 0.716. The summed E-state index contributed by atoms with van der Waals surface area (Å²) in [6, 6.07) is 10.6. The van der Waals surface area contributed by atoms with Crippen LogP contribution in [0, 0.1) is 0 Å². The van der Waals surface area contributed by atoms with Crippen molar-refractivity contribution in [3.63, 3.8) is 0 Å². The van der Waals surface area contributed by atoms with Crippen LogP contribution in [0.25, 0.3) is 0 Å². The predicted octanol–water partition coefficient (Wildman–Crippen LogP) is 3.04. The summed E-state index contributed by atoms with van der Waals surface area (Å²) >= 11 is 0. The minimum absolute atomic E-state index is 0.0144. The molecule has 5 heteroatoms. The second-order valence-electron chi connectivity index (χ2n) is 4.51. The van der Waals surface area contributed by atoms with E-state index in [0.29, 0.717) is 12.1 Å². The highest BCUT2D eigenvalue weighted by Crippen LogP contribution is 2.14. The Morgan fingerprint density at radius 1 is 1.30 bits per heavy atom. The van der Waals surface area contributed by atoms with Gasteiger partial charge in [0.1, 0.15) is 11.5 Å². The van der Waals surface area contributed by atoms with Crippen LogP contribution in [0.1, 0.15) is 12.7 Å².